The van der Waals surface area contributed by atoms with Crippen molar-refractivity contribution in [3.63, 3.8) is 0 Å². The number of aromatic nitrogens is 4. The van der Waals surface area contributed by atoms with Crippen LogP contribution in [0.15, 0.2) is 16.2 Å². The molecule has 194 valence electrons. The number of aromatic amines is 1. The second-order valence-corrected chi connectivity index (χ2v) is 11.2. The Morgan fingerprint density at radius 3 is 2.51 bits per heavy atom. The van der Waals surface area contributed by atoms with Gasteiger partial charge in [0.2, 0.25) is 5.72 Å². The quantitative estimate of drug-likeness (QED) is 0.0834. The third-order valence-corrected chi connectivity index (χ3v) is 8.07. The zero-order chi connectivity index (χ0) is 26.4. The highest BCUT2D eigenvalue weighted by atomic mass is 31.3. The van der Waals surface area contributed by atoms with Crippen LogP contribution in [0.25, 0.3) is 21.6 Å². The number of phosphoric ester groups is 1. The summed E-state index contributed by atoms with van der Waals surface area (Å²) in [5, 5.41) is 24.1. The molecule has 2 aromatic heterocycles. The van der Waals surface area contributed by atoms with E-state index in [4.69, 9.17) is 20.1 Å². The monoisotopic (exact) mass is 563 g/mol. The van der Waals surface area contributed by atoms with E-state index in [0.717, 1.165) is 10.9 Å². The lowest BCUT2D eigenvalue weighted by atomic mass is 10.1. The molecular formula is C11H16N7O14P3. The molecule has 1 aliphatic heterocycles. The molecule has 0 aliphatic carbocycles. The molecule has 0 bridgehead atoms. The van der Waals surface area contributed by atoms with Gasteiger partial charge in [-0.1, -0.05) is 5.11 Å². The highest BCUT2D eigenvalue weighted by Crippen LogP contribution is 2.66. The van der Waals surface area contributed by atoms with Crippen LogP contribution in [0.2, 0.25) is 0 Å². The third kappa shape index (κ3) is 6.03. The van der Waals surface area contributed by atoms with Gasteiger partial charge in [-0.25, -0.2) is 23.7 Å². The minimum atomic E-state index is -5.86. The number of imidazole rings is 1. The fraction of sp³-hybridized carbons (Fsp3) is 0.545. The first-order chi connectivity index (χ1) is 16.0. The minimum Gasteiger partial charge on any atom is -0.387 e. The van der Waals surface area contributed by atoms with E-state index in [9.17, 15) is 38.5 Å². The maximum atomic E-state index is 12.0. The maximum Gasteiger partial charge on any atom is 0.490 e. The van der Waals surface area contributed by atoms with Crippen molar-refractivity contribution in [2.75, 3.05) is 6.61 Å². The first-order valence-electron chi connectivity index (χ1n) is 8.81. The summed E-state index contributed by atoms with van der Waals surface area (Å²) in [6.07, 6.45) is -4.76. The number of aliphatic hydroxyl groups is 2. The topological polar surface area (TPSA) is 322 Å². The number of H-pyrrole nitrogens is 1. The molecule has 3 rings (SSSR count). The summed E-state index contributed by atoms with van der Waals surface area (Å²) in [6.45, 7) is 0.0288. The van der Waals surface area contributed by atoms with E-state index in [0.29, 0.717) is 0 Å². The van der Waals surface area contributed by atoms with Crippen molar-refractivity contribution in [3.05, 3.63) is 32.9 Å². The van der Waals surface area contributed by atoms with Gasteiger partial charge in [-0.05, 0) is 12.5 Å². The second kappa shape index (κ2) is 9.44. The predicted octanol–water partition coefficient (Wildman–Crippen LogP) is -0.971. The number of rotatable bonds is 9. The SMILES string of the molecule is Cc1nc2c(ncn2[C@@H]2O[C@@](COP(=O)(O)OP(=O)(O)OP(=O)(O)O)(N=[N+]=[N-])[C@@H](O)[C@H]2O)c(=O)[nH]1. The van der Waals surface area contributed by atoms with Crippen molar-refractivity contribution in [2.24, 2.45) is 5.11 Å². The van der Waals surface area contributed by atoms with Crippen LogP contribution in [0.1, 0.15) is 12.1 Å². The maximum absolute atomic E-state index is 12.0. The van der Waals surface area contributed by atoms with Crippen molar-refractivity contribution in [1.29, 1.82) is 0 Å². The summed E-state index contributed by atoms with van der Waals surface area (Å²) in [5.74, 6) is 0.145. The van der Waals surface area contributed by atoms with Crippen LogP contribution in [0.5, 0.6) is 0 Å². The minimum absolute atomic E-state index is 0.118. The fourth-order valence-corrected chi connectivity index (χ4v) is 6.04. The highest BCUT2D eigenvalue weighted by Gasteiger charge is 2.56. The fourth-order valence-electron chi connectivity index (χ4n) is 3.00. The van der Waals surface area contributed by atoms with Crippen LogP contribution < -0.4 is 5.56 Å². The summed E-state index contributed by atoms with van der Waals surface area (Å²) in [5.41, 5.74) is 5.28. The number of phosphoric acid groups is 3. The van der Waals surface area contributed by atoms with Gasteiger partial charge >= 0.3 is 23.5 Å². The first-order valence-corrected chi connectivity index (χ1v) is 13.3. The van der Waals surface area contributed by atoms with Crippen LogP contribution in [-0.2, 0) is 31.6 Å². The van der Waals surface area contributed by atoms with Gasteiger partial charge in [0.25, 0.3) is 5.56 Å². The number of hydrogen-bond acceptors (Lipinski definition) is 13. The zero-order valence-corrected chi connectivity index (χ0v) is 19.7. The molecule has 2 unspecified atom stereocenters. The van der Waals surface area contributed by atoms with Gasteiger partial charge in [-0.3, -0.25) is 13.9 Å². The number of fused-ring (bicyclic) bond motifs is 1. The Balaban J connectivity index is 1.89. The molecule has 0 spiro atoms. The predicted molar refractivity (Wildman–Crippen MR) is 107 cm³/mol. The average molecular weight is 563 g/mol. The van der Waals surface area contributed by atoms with Gasteiger partial charge in [-0.2, -0.15) is 8.62 Å². The molecule has 1 saturated heterocycles. The number of aliphatic hydroxyl groups excluding tert-OH is 2. The van der Waals surface area contributed by atoms with E-state index < -0.39 is 59.8 Å². The molecule has 35 heavy (non-hydrogen) atoms. The summed E-state index contributed by atoms with van der Waals surface area (Å²) in [4.78, 5) is 60.7. The Hall–Kier alpha value is -2.05. The Bertz CT molecular complexity index is 1380. The molecular weight excluding hydrogens is 547 g/mol. The number of nitrogens with zero attached hydrogens (tertiary/aromatic N) is 6. The molecule has 6 atom stereocenters. The smallest absolute Gasteiger partial charge is 0.387 e. The van der Waals surface area contributed by atoms with Crippen molar-refractivity contribution in [1.82, 2.24) is 19.5 Å². The van der Waals surface area contributed by atoms with Crippen LogP contribution in [0.3, 0.4) is 0 Å². The Kier molecular flexibility index (Phi) is 7.42. The van der Waals surface area contributed by atoms with E-state index >= 15 is 0 Å². The molecule has 1 aliphatic rings. The third-order valence-electron chi connectivity index (χ3n) is 4.29. The van der Waals surface area contributed by atoms with Gasteiger partial charge in [0.15, 0.2) is 17.4 Å². The van der Waals surface area contributed by atoms with E-state index in [1.165, 1.54) is 6.92 Å². The normalized spacial score (nSPS) is 28.4. The van der Waals surface area contributed by atoms with E-state index in [-0.39, 0.29) is 17.0 Å². The Morgan fingerprint density at radius 1 is 1.26 bits per heavy atom. The molecule has 0 radical (unpaired) electrons. The first kappa shape index (κ1) is 27.5. The molecule has 1 fully saturated rings. The lowest BCUT2D eigenvalue weighted by Gasteiger charge is -2.27. The summed E-state index contributed by atoms with van der Waals surface area (Å²) < 4.78 is 52.1. The lowest BCUT2D eigenvalue weighted by Crippen LogP contribution is -2.44. The summed E-state index contributed by atoms with van der Waals surface area (Å²) in [6, 6.07) is 0. The second-order valence-electron chi connectivity index (χ2n) is 6.82. The zero-order valence-electron chi connectivity index (χ0n) is 17.0. The summed E-state index contributed by atoms with van der Waals surface area (Å²) >= 11 is 0. The number of aryl methyl sites for hydroxylation is 1. The molecule has 3 heterocycles. The average Bonchev–Trinajstić information content (AvgIpc) is 3.19. The number of ether oxygens (including phenoxy) is 1. The van der Waals surface area contributed by atoms with Crippen molar-refractivity contribution < 1.29 is 61.4 Å². The Labute approximate surface area is 192 Å². The largest absolute Gasteiger partial charge is 0.490 e. The van der Waals surface area contributed by atoms with Crippen LogP contribution in [-0.4, -0.2) is 73.8 Å². The van der Waals surface area contributed by atoms with Gasteiger partial charge < -0.3 is 39.5 Å². The van der Waals surface area contributed by atoms with Gasteiger partial charge in [0, 0.05) is 4.91 Å². The molecule has 0 amide bonds. The molecule has 0 saturated carbocycles. The van der Waals surface area contributed by atoms with E-state index in [2.05, 4.69) is 38.1 Å². The number of azide groups is 1. The number of nitrogens with one attached hydrogen (secondary N) is 1. The van der Waals surface area contributed by atoms with Gasteiger partial charge in [0.1, 0.15) is 18.0 Å². The Morgan fingerprint density at radius 2 is 1.91 bits per heavy atom. The molecule has 0 aromatic carbocycles. The van der Waals surface area contributed by atoms with Crippen LogP contribution in [0.4, 0.5) is 0 Å². The van der Waals surface area contributed by atoms with Crippen LogP contribution >= 0.6 is 23.5 Å². The van der Waals surface area contributed by atoms with Crippen molar-refractivity contribution in [2.45, 2.75) is 31.1 Å². The molecule has 21 nitrogen and oxygen atoms in total. The van der Waals surface area contributed by atoms with E-state index in [1.807, 2.05) is 0 Å². The van der Waals surface area contributed by atoms with Crippen LogP contribution in [0, 0.1) is 6.92 Å². The van der Waals surface area contributed by atoms with Gasteiger partial charge in [0.05, 0.1) is 12.9 Å². The highest BCUT2D eigenvalue weighted by molar-refractivity contribution is 7.66. The lowest BCUT2D eigenvalue weighted by molar-refractivity contribution is -0.121. The van der Waals surface area contributed by atoms with Crippen molar-refractivity contribution in [3.8, 4) is 0 Å². The van der Waals surface area contributed by atoms with Gasteiger partial charge in [-0.15, -0.1) is 0 Å². The summed E-state index contributed by atoms with van der Waals surface area (Å²) in [7, 11) is -17.2. The molecule has 2 aromatic rings. The van der Waals surface area contributed by atoms with Crippen molar-refractivity contribution >= 4 is 34.6 Å². The molecule has 7 N–H and O–H groups in total. The standard InChI is InChI=1S/C11H16N7O14P3/c1-4-14-8-5(9(21)15-4)13-3-18(8)10-6(19)7(20)11(30-10,16-17-12)2-29-34(25,26)32-35(27,28)31-33(22,23)24/h3,6-7,10,19-20H,2H2,1H3,(H,25,26)(H,27,28)(H,14,15,21)(H2,22,23,24)/t6-,7+,10-,11-/m1/s1. The van der Waals surface area contributed by atoms with E-state index in [1.54, 1.807) is 0 Å². The number of hydrogen-bond donors (Lipinski definition) is 7. The molecule has 24 heteroatoms.